The smallest absolute Gasteiger partial charge is 0.0942 e. The molecule has 3 aliphatic carbocycles. The summed E-state index contributed by atoms with van der Waals surface area (Å²) in [6, 6.07) is 0. The molecular formula is C15H24O. The number of hydrogen-bond donors (Lipinski definition) is 1. The fourth-order valence-electron chi connectivity index (χ4n) is 5.16. The Bertz CT molecular complexity index is 366. The number of rotatable bonds is 0. The minimum Gasteiger partial charge on any atom is -0.385 e. The van der Waals surface area contributed by atoms with Gasteiger partial charge in [0.2, 0.25) is 0 Å². The maximum absolute atomic E-state index is 11.3. The van der Waals surface area contributed by atoms with Crippen molar-refractivity contribution in [2.24, 2.45) is 22.2 Å². The highest BCUT2D eigenvalue weighted by Gasteiger charge is 2.73. The highest BCUT2D eigenvalue weighted by molar-refractivity contribution is 5.32. The first-order valence-electron chi connectivity index (χ1n) is 6.67. The highest BCUT2D eigenvalue weighted by Crippen LogP contribution is 2.75. The van der Waals surface area contributed by atoms with Crippen LogP contribution < -0.4 is 0 Å². The van der Waals surface area contributed by atoms with Gasteiger partial charge >= 0.3 is 0 Å². The van der Waals surface area contributed by atoms with Gasteiger partial charge in [0.25, 0.3) is 0 Å². The van der Waals surface area contributed by atoms with Crippen LogP contribution in [0.3, 0.4) is 0 Å². The average Bonchev–Trinajstić information content (AvgIpc) is 2.66. The van der Waals surface area contributed by atoms with Gasteiger partial charge < -0.3 is 5.11 Å². The Morgan fingerprint density at radius 2 is 1.88 bits per heavy atom. The molecule has 0 aromatic rings. The normalized spacial score (nSPS) is 51.7. The van der Waals surface area contributed by atoms with Crippen molar-refractivity contribution >= 4 is 0 Å². The summed E-state index contributed by atoms with van der Waals surface area (Å²) in [5.74, 6) is 0.708. The monoisotopic (exact) mass is 220 g/mol. The summed E-state index contributed by atoms with van der Waals surface area (Å²) >= 11 is 0. The maximum Gasteiger partial charge on any atom is 0.0942 e. The van der Waals surface area contributed by atoms with E-state index in [1.807, 2.05) is 0 Å². The van der Waals surface area contributed by atoms with Crippen LogP contribution in [-0.4, -0.2) is 10.7 Å². The Morgan fingerprint density at radius 1 is 1.19 bits per heavy atom. The number of fused-ring (bicyclic) bond motifs is 1. The summed E-state index contributed by atoms with van der Waals surface area (Å²) in [6.45, 7) is 9.24. The van der Waals surface area contributed by atoms with Crippen molar-refractivity contribution in [2.75, 3.05) is 0 Å². The van der Waals surface area contributed by atoms with Crippen molar-refractivity contribution in [3.8, 4) is 0 Å². The molecule has 1 unspecified atom stereocenters. The molecule has 0 aromatic carbocycles. The summed E-state index contributed by atoms with van der Waals surface area (Å²) in [4.78, 5) is 0. The van der Waals surface area contributed by atoms with E-state index in [2.05, 4.69) is 39.8 Å². The number of allylic oxidation sites excluding steroid dienone is 1. The molecule has 1 heteroatoms. The van der Waals surface area contributed by atoms with Crippen molar-refractivity contribution in [3.05, 3.63) is 12.2 Å². The second-order valence-corrected chi connectivity index (χ2v) is 7.50. The van der Waals surface area contributed by atoms with E-state index >= 15 is 0 Å². The first-order valence-corrected chi connectivity index (χ1v) is 6.67. The van der Waals surface area contributed by atoms with Crippen molar-refractivity contribution in [1.82, 2.24) is 0 Å². The molecule has 0 aromatic heterocycles. The first kappa shape index (κ1) is 10.8. The quantitative estimate of drug-likeness (QED) is 0.619. The molecule has 3 rings (SSSR count). The lowest BCUT2D eigenvalue weighted by Gasteiger charge is -2.58. The zero-order chi connectivity index (χ0) is 11.8. The summed E-state index contributed by atoms with van der Waals surface area (Å²) < 4.78 is 0. The molecule has 16 heavy (non-hydrogen) atoms. The highest BCUT2D eigenvalue weighted by atomic mass is 16.3. The number of aliphatic hydroxyl groups is 1. The Morgan fingerprint density at radius 3 is 2.50 bits per heavy atom. The van der Waals surface area contributed by atoms with Crippen molar-refractivity contribution in [1.29, 1.82) is 0 Å². The molecular weight excluding hydrogens is 196 g/mol. The predicted octanol–water partition coefficient (Wildman–Crippen LogP) is 3.53. The van der Waals surface area contributed by atoms with Crippen LogP contribution in [0.2, 0.25) is 0 Å². The van der Waals surface area contributed by atoms with Gasteiger partial charge in [-0.2, -0.15) is 0 Å². The molecule has 3 atom stereocenters. The van der Waals surface area contributed by atoms with Gasteiger partial charge in [0, 0.05) is 10.8 Å². The van der Waals surface area contributed by atoms with Gasteiger partial charge in [-0.1, -0.05) is 39.8 Å². The maximum atomic E-state index is 11.3. The van der Waals surface area contributed by atoms with Gasteiger partial charge in [-0.3, -0.25) is 0 Å². The van der Waals surface area contributed by atoms with Gasteiger partial charge in [-0.05, 0) is 37.0 Å². The van der Waals surface area contributed by atoms with E-state index in [-0.39, 0.29) is 16.2 Å². The second-order valence-electron chi connectivity index (χ2n) is 7.50. The summed E-state index contributed by atoms with van der Waals surface area (Å²) in [7, 11) is 0. The van der Waals surface area contributed by atoms with Gasteiger partial charge in [0.05, 0.1) is 5.60 Å². The molecule has 2 fully saturated rings. The van der Waals surface area contributed by atoms with Crippen LogP contribution in [0.25, 0.3) is 0 Å². The Balaban J connectivity index is 2.23. The molecule has 0 heterocycles. The average molecular weight is 220 g/mol. The van der Waals surface area contributed by atoms with Crippen LogP contribution in [0.5, 0.6) is 0 Å². The molecule has 1 nitrogen and oxygen atoms in total. The van der Waals surface area contributed by atoms with Gasteiger partial charge in [-0.25, -0.2) is 0 Å². The standard InChI is InChI=1S/C15H24O/c1-12(2)7-5-8-15(16)13(3,4)11-6-9-14(12,15)10-11/h5,8,11,16H,6-7,9-10H2,1-4H3/t11-,14+,15?/m1/s1. The predicted molar refractivity (Wildman–Crippen MR) is 66.0 cm³/mol. The van der Waals surface area contributed by atoms with Gasteiger partial charge in [0.15, 0.2) is 0 Å². The van der Waals surface area contributed by atoms with Gasteiger partial charge in [-0.15, -0.1) is 0 Å². The molecule has 2 saturated carbocycles. The van der Waals surface area contributed by atoms with Crippen molar-refractivity contribution in [2.45, 2.75) is 59.0 Å². The molecule has 2 bridgehead atoms. The third kappa shape index (κ3) is 0.827. The Kier molecular flexibility index (Phi) is 1.75. The minimum atomic E-state index is -0.565. The van der Waals surface area contributed by atoms with Crippen LogP contribution in [0.1, 0.15) is 53.4 Å². The fourth-order valence-corrected chi connectivity index (χ4v) is 5.16. The molecule has 0 radical (unpaired) electrons. The van der Waals surface area contributed by atoms with Crippen LogP contribution in [0.4, 0.5) is 0 Å². The third-order valence-corrected chi connectivity index (χ3v) is 6.53. The van der Waals surface area contributed by atoms with Crippen molar-refractivity contribution < 1.29 is 5.11 Å². The lowest BCUT2D eigenvalue weighted by Crippen LogP contribution is -2.60. The zero-order valence-corrected chi connectivity index (χ0v) is 11.0. The topological polar surface area (TPSA) is 20.2 Å². The van der Waals surface area contributed by atoms with E-state index in [4.69, 9.17) is 0 Å². The summed E-state index contributed by atoms with van der Waals surface area (Å²) in [5.41, 5.74) is -0.119. The number of hydrogen-bond acceptors (Lipinski definition) is 1. The largest absolute Gasteiger partial charge is 0.385 e. The first-order chi connectivity index (χ1) is 7.27. The Hall–Kier alpha value is -0.300. The molecule has 0 saturated heterocycles. The molecule has 3 aliphatic rings. The molecule has 1 N–H and O–H groups in total. The van der Waals surface area contributed by atoms with Crippen LogP contribution >= 0.6 is 0 Å². The fraction of sp³-hybridized carbons (Fsp3) is 0.867. The van der Waals surface area contributed by atoms with Crippen LogP contribution in [-0.2, 0) is 0 Å². The van der Waals surface area contributed by atoms with Crippen LogP contribution in [0, 0.1) is 22.2 Å². The van der Waals surface area contributed by atoms with Crippen molar-refractivity contribution in [3.63, 3.8) is 0 Å². The molecule has 0 aliphatic heterocycles. The lowest BCUT2D eigenvalue weighted by atomic mass is 9.49. The van der Waals surface area contributed by atoms with E-state index < -0.39 is 5.60 Å². The van der Waals surface area contributed by atoms with E-state index in [1.54, 1.807) is 0 Å². The van der Waals surface area contributed by atoms with E-state index in [0.717, 1.165) is 6.42 Å². The Labute approximate surface area is 98.9 Å². The second kappa shape index (κ2) is 2.58. The molecule has 90 valence electrons. The van der Waals surface area contributed by atoms with Crippen LogP contribution in [0.15, 0.2) is 12.2 Å². The third-order valence-electron chi connectivity index (χ3n) is 6.53. The van der Waals surface area contributed by atoms with Gasteiger partial charge in [0.1, 0.15) is 0 Å². The minimum absolute atomic E-state index is 0.0550. The summed E-state index contributed by atoms with van der Waals surface area (Å²) in [5, 5.41) is 11.3. The summed E-state index contributed by atoms with van der Waals surface area (Å²) in [6.07, 6.45) is 9.23. The zero-order valence-electron chi connectivity index (χ0n) is 11.0. The molecule has 1 spiro atoms. The lowest BCUT2D eigenvalue weighted by molar-refractivity contribution is -0.161. The van der Waals surface area contributed by atoms with E-state index in [9.17, 15) is 5.11 Å². The SMILES string of the molecule is CC1(C)[C@@H]2CC[C@]3(C2)C(C)(C)CC=CC13O. The van der Waals surface area contributed by atoms with E-state index in [1.165, 1.54) is 19.3 Å². The van der Waals surface area contributed by atoms with E-state index in [0.29, 0.717) is 5.92 Å². The molecule has 0 amide bonds.